The minimum absolute atomic E-state index is 0.0431. The maximum absolute atomic E-state index is 12.1. The van der Waals surface area contributed by atoms with Gasteiger partial charge in [0.25, 0.3) is 0 Å². The van der Waals surface area contributed by atoms with Gasteiger partial charge >= 0.3 is 0 Å². The predicted octanol–water partition coefficient (Wildman–Crippen LogP) is 3.66. The maximum atomic E-state index is 12.1. The molecule has 2 heterocycles. The summed E-state index contributed by atoms with van der Waals surface area (Å²) in [6.07, 6.45) is 1.71. The van der Waals surface area contributed by atoms with Gasteiger partial charge in [0.15, 0.2) is 0 Å². The van der Waals surface area contributed by atoms with Gasteiger partial charge in [-0.15, -0.1) is 21.5 Å². The Labute approximate surface area is 187 Å². The van der Waals surface area contributed by atoms with E-state index in [9.17, 15) is 4.79 Å². The van der Waals surface area contributed by atoms with Crippen LogP contribution >= 0.6 is 11.3 Å². The largest absolute Gasteiger partial charge is 0.496 e. The molecule has 8 nitrogen and oxygen atoms in total. The number of hydrogen-bond acceptors (Lipinski definition) is 8. The molecule has 4 aromatic rings. The molecule has 0 bridgehead atoms. The highest BCUT2D eigenvalue weighted by molar-refractivity contribution is 7.18. The van der Waals surface area contributed by atoms with E-state index < -0.39 is 5.54 Å². The quantitative estimate of drug-likeness (QED) is 0.462. The first-order valence-corrected chi connectivity index (χ1v) is 11.0. The summed E-state index contributed by atoms with van der Waals surface area (Å²) < 4.78 is 12.2. The zero-order valence-corrected chi connectivity index (χ0v) is 18.1. The molecule has 1 aliphatic carbocycles. The van der Waals surface area contributed by atoms with Crippen molar-refractivity contribution in [3.8, 4) is 22.9 Å². The summed E-state index contributed by atoms with van der Waals surface area (Å²) in [7, 11) is 1.66. The fourth-order valence-electron chi connectivity index (χ4n) is 3.50. The first-order chi connectivity index (χ1) is 15.6. The second-order valence-electron chi connectivity index (χ2n) is 7.68. The van der Waals surface area contributed by atoms with Crippen molar-refractivity contribution in [2.24, 2.45) is 0 Å². The molecule has 1 fully saturated rings. The lowest BCUT2D eigenvalue weighted by molar-refractivity contribution is -0.121. The molecule has 2 aromatic carbocycles. The molecule has 0 spiro atoms. The predicted molar refractivity (Wildman–Crippen MR) is 118 cm³/mol. The molecule has 0 radical (unpaired) electrons. The zero-order chi connectivity index (χ0) is 22.1. The number of fused-ring (bicyclic) bond motifs is 1. The molecule has 0 atom stereocenters. The summed E-state index contributed by atoms with van der Waals surface area (Å²) in [6, 6.07) is 16.1. The van der Waals surface area contributed by atoms with Crippen LogP contribution in [-0.2, 0) is 17.6 Å². The lowest BCUT2D eigenvalue weighted by Gasteiger charge is -2.07. The molecule has 0 saturated heterocycles. The number of nitriles is 1. The second-order valence-corrected chi connectivity index (χ2v) is 8.79. The Hall–Kier alpha value is -3.77. The van der Waals surface area contributed by atoms with Gasteiger partial charge in [0.2, 0.25) is 17.7 Å². The van der Waals surface area contributed by atoms with Gasteiger partial charge in [0.1, 0.15) is 22.7 Å². The highest BCUT2D eigenvalue weighted by Gasteiger charge is 2.44. The van der Waals surface area contributed by atoms with Crippen molar-refractivity contribution < 1.29 is 13.9 Å². The van der Waals surface area contributed by atoms with Crippen LogP contribution in [0.3, 0.4) is 0 Å². The number of methoxy groups -OCH3 is 1. The van der Waals surface area contributed by atoms with Crippen LogP contribution in [-0.4, -0.2) is 33.7 Å². The maximum Gasteiger partial charge on any atom is 0.230 e. The van der Waals surface area contributed by atoms with Crippen LogP contribution in [0.15, 0.2) is 46.9 Å². The number of nitrogens with zero attached hydrogens (tertiary/aromatic N) is 4. The van der Waals surface area contributed by atoms with Gasteiger partial charge < -0.3 is 14.5 Å². The number of carbonyl (C=O) groups excluding carboxylic acids is 1. The lowest BCUT2D eigenvalue weighted by atomic mass is 10.0. The summed E-state index contributed by atoms with van der Waals surface area (Å²) in [5.41, 5.74) is 2.27. The minimum Gasteiger partial charge on any atom is -0.496 e. The van der Waals surface area contributed by atoms with Crippen LogP contribution in [0.5, 0.6) is 5.75 Å². The van der Waals surface area contributed by atoms with Crippen molar-refractivity contribution in [3.05, 3.63) is 59.3 Å². The van der Waals surface area contributed by atoms with Crippen molar-refractivity contribution >= 4 is 27.5 Å². The third-order valence-electron chi connectivity index (χ3n) is 5.32. The van der Waals surface area contributed by atoms with E-state index in [4.69, 9.17) is 14.4 Å². The summed E-state index contributed by atoms with van der Waals surface area (Å²) in [5, 5.41) is 20.6. The second kappa shape index (κ2) is 8.05. The highest BCUT2D eigenvalue weighted by atomic mass is 32.1. The smallest absolute Gasteiger partial charge is 0.230 e. The average molecular weight is 446 g/mol. The molecule has 1 N–H and O–H groups in total. The fraction of sp³-hybridized carbons (Fsp3) is 0.261. The molecule has 1 aliphatic rings. The van der Waals surface area contributed by atoms with Gasteiger partial charge in [-0.2, -0.15) is 5.26 Å². The number of benzene rings is 2. The monoisotopic (exact) mass is 445 g/mol. The molecule has 9 heteroatoms. The summed E-state index contributed by atoms with van der Waals surface area (Å²) in [5.74, 6) is 1.16. The van der Waals surface area contributed by atoms with E-state index in [2.05, 4.69) is 32.6 Å². The average Bonchev–Trinajstić information content (AvgIpc) is 3.24. The van der Waals surface area contributed by atoms with Gasteiger partial charge in [-0.1, -0.05) is 24.3 Å². The van der Waals surface area contributed by atoms with Gasteiger partial charge in [-0.3, -0.25) is 4.79 Å². The SMILES string of the molecule is COc1ccccc1-c1ccc2nc(Cc3nnc(CC(=O)NC4(C#N)CC4)o3)sc2c1. The first-order valence-electron chi connectivity index (χ1n) is 10.1. The molecule has 0 unspecified atom stereocenters. The Bertz CT molecular complexity index is 1350. The molecular weight excluding hydrogens is 426 g/mol. The third-order valence-corrected chi connectivity index (χ3v) is 6.33. The summed E-state index contributed by atoms with van der Waals surface area (Å²) in [4.78, 5) is 16.8. The number of thiazole rings is 1. The summed E-state index contributed by atoms with van der Waals surface area (Å²) >= 11 is 1.56. The van der Waals surface area contributed by atoms with E-state index in [1.165, 1.54) is 0 Å². The van der Waals surface area contributed by atoms with Crippen molar-refractivity contribution in [3.63, 3.8) is 0 Å². The molecule has 160 valence electrons. The van der Waals surface area contributed by atoms with Crippen LogP contribution in [0.4, 0.5) is 0 Å². The normalized spacial score (nSPS) is 14.1. The number of aromatic nitrogens is 3. The number of hydrogen-bond donors (Lipinski definition) is 1. The van der Waals surface area contributed by atoms with Gasteiger partial charge in [0.05, 0.1) is 29.8 Å². The van der Waals surface area contributed by atoms with E-state index in [0.717, 1.165) is 32.1 Å². The van der Waals surface area contributed by atoms with Gasteiger partial charge in [-0.05, 0) is 36.6 Å². The van der Waals surface area contributed by atoms with E-state index in [1.807, 2.05) is 36.4 Å². The standard InChI is InChI=1S/C23H19N5O3S/c1-30-17-5-3-2-4-15(17)14-6-7-16-18(10-14)32-22(25-16)12-21-28-27-20(31-21)11-19(29)26-23(13-24)8-9-23/h2-7,10H,8-9,11-12H2,1H3,(H,26,29). The number of carbonyl (C=O) groups is 1. The van der Waals surface area contributed by atoms with E-state index in [0.29, 0.717) is 25.2 Å². The summed E-state index contributed by atoms with van der Waals surface area (Å²) in [6.45, 7) is 0. The van der Waals surface area contributed by atoms with Gasteiger partial charge in [-0.25, -0.2) is 4.98 Å². The molecule has 2 aromatic heterocycles. The fourth-order valence-corrected chi connectivity index (χ4v) is 4.50. The Kier molecular flexibility index (Phi) is 5.07. The van der Waals surface area contributed by atoms with E-state index >= 15 is 0 Å². The Morgan fingerprint density at radius 1 is 1.25 bits per heavy atom. The number of para-hydroxylation sites is 1. The van der Waals surface area contributed by atoms with Crippen LogP contribution in [0.2, 0.25) is 0 Å². The third kappa shape index (κ3) is 4.05. The molecule has 5 rings (SSSR count). The van der Waals surface area contributed by atoms with Gasteiger partial charge in [0, 0.05) is 5.56 Å². The Balaban J connectivity index is 1.30. The number of nitrogens with one attached hydrogen (secondary N) is 1. The highest BCUT2D eigenvalue weighted by Crippen LogP contribution is 2.35. The molecule has 1 saturated carbocycles. The van der Waals surface area contributed by atoms with Crippen LogP contribution in [0, 0.1) is 11.3 Å². The van der Waals surface area contributed by atoms with Crippen molar-refractivity contribution in [2.75, 3.05) is 7.11 Å². The number of rotatable bonds is 7. The Morgan fingerprint density at radius 3 is 2.84 bits per heavy atom. The molecule has 32 heavy (non-hydrogen) atoms. The van der Waals surface area contributed by atoms with Crippen molar-refractivity contribution in [1.29, 1.82) is 5.26 Å². The molecule has 1 amide bonds. The lowest BCUT2D eigenvalue weighted by Crippen LogP contribution is -2.36. The molecular formula is C23H19N5O3S. The number of ether oxygens (including phenoxy) is 1. The number of amides is 1. The van der Waals surface area contributed by atoms with Crippen LogP contribution in [0.25, 0.3) is 21.3 Å². The van der Waals surface area contributed by atoms with Crippen molar-refractivity contribution in [1.82, 2.24) is 20.5 Å². The Morgan fingerprint density at radius 2 is 2.06 bits per heavy atom. The molecule has 0 aliphatic heterocycles. The minimum atomic E-state index is -0.705. The van der Waals surface area contributed by atoms with Crippen LogP contribution in [0.1, 0.15) is 29.6 Å². The first kappa shape index (κ1) is 20.2. The topological polar surface area (TPSA) is 114 Å². The van der Waals surface area contributed by atoms with Crippen molar-refractivity contribution in [2.45, 2.75) is 31.2 Å². The van der Waals surface area contributed by atoms with E-state index in [1.54, 1.807) is 18.4 Å². The van der Waals surface area contributed by atoms with E-state index in [-0.39, 0.29) is 18.2 Å². The zero-order valence-electron chi connectivity index (χ0n) is 17.3. The van der Waals surface area contributed by atoms with Crippen LogP contribution < -0.4 is 10.1 Å².